The summed E-state index contributed by atoms with van der Waals surface area (Å²) in [4.78, 5) is 0. The van der Waals surface area contributed by atoms with Gasteiger partial charge in [0.25, 0.3) is 0 Å². The lowest BCUT2D eigenvalue weighted by Gasteiger charge is -2.34. The van der Waals surface area contributed by atoms with Gasteiger partial charge in [0.15, 0.2) is 0 Å². The van der Waals surface area contributed by atoms with Gasteiger partial charge in [-0.2, -0.15) is 0 Å². The third-order valence-electron chi connectivity index (χ3n) is 4.33. The van der Waals surface area contributed by atoms with Crippen LogP contribution in [0, 0.1) is 23.2 Å². The standard InChI is InChI=1S/C11H19Cl/c1-3-8(2)11(7-12)5-9-4-10(9)6-11/h8-10H,3-7H2,1-2H3. The van der Waals surface area contributed by atoms with Crippen LogP contribution in [-0.4, -0.2) is 5.88 Å². The summed E-state index contributed by atoms with van der Waals surface area (Å²) in [5.74, 6) is 3.87. The van der Waals surface area contributed by atoms with Gasteiger partial charge in [-0.25, -0.2) is 0 Å². The Bertz CT molecular complexity index is 166. The highest BCUT2D eigenvalue weighted by Crippen LogP contribution is 2.63. The van der Waals surface area contributed by atoms with E-state index in [1.165, 1.54) is 25.7 Å². The molecule has 0 aromatic heterocycles. The smallest absolute Gasteiger partial charge is 0.0282 e. The first-order chi connectivity index (χ1) is 5.72. The molecular formula is C11H19Cl. The second-order valence-electron chi connectivity index (χ2n) is 4.97. The molecule has 0 aromatic rings. The third kappa shape index (κ3) is 1.19. The van der Waals surface area contributed by atoms with Gasteiger partial charge in [-0.3, -0.25) is 0 Å². The van der Waals surface area contributed by atoms with Crippen molar-refractivity contribution in [2.24, 2.45) is 23.2 Å². The number of fused-ring (bicyclic) bond motifs is 1. The van der Waals surface area contributed by atoms with Gasteiger partial charge in [0.1, 0.15) is 0 Å². The maximum atomic E-state index is 6.12. The second-order valence-corrected chi connectivity index (χ2v) is 5.24. The highest BCUT2D eigenvalue weighted by atomic mass is 35.5. The third-order valence-corrected chi connectivity index (χ3v) is 4.86. The summed E-state index contributed by atoms with van der Waals surface area (Å²) >= 11 is 6.12. The molecule has 2 aliphatic rings. The van der Waals surface area contributed by atoms with E-state index in [1.807, 2.05) is 0 Å². The Morgan fingerprint density at radius 2 is 2.00 bits per heavy atom. The maximum Gasteiger partial charge on any atom is 0.0282 e. The summed E-state index contributed by atoms with van der Waals surface area (Å²) in [5.41, 5.74) is 0.532. The minimum absolute atomic E-state index is 0.532. The van der Waals surface area contributed by atoms with E-state index in [-0.39, 0.29) is 0 Å². The predicted octanol–water partition coefficient (Wildman–Crippen LogP) is 3.69. The van der Waals surface area contributed by atoms with Crippen molar-refractivity contribution in [1.29, 1.82) is 0 Å². The number of rotatable bonds is 3. The van der Waals surface area contributed by atoms with E-state index in [9.17, 15) is 0 Å². The van der Waals surface area contributed by atoms with Gasteiger partial charge < -0.3 is 0 Å². The van der Waals surface area contributed by atoms with Crippen LogP contribution in [0.2, 0.25) is 0 Å². The molecule has 0 radical (unpaired) electrons. The lowest BCUT2D eigenvalue weighted by molar-refractivity contribution is 0.186. The van der Waals surface area contributed by atoms with Crippen LogP contribution in [0.4, 0.5) is 0 Å². The Labute approximate surface area is 80.7 Å². The fourth-order valence-corrected chi connectivity index (χ4v) is 3.50. The highest BCUT2D eigenvalue weighted by Gasteiger charge is 2.54. The maximum absolute atomic E-state index is 6.12. The van der Waals surface area contributed by atoms with Gasteiger partial charge in [0, 0.05) is 5.88 Å². The number of alkyl halides is 1. The minimum atomic E-state index is 0.532. The van der Waals surface area contributed by atoms with Crippen LogP contribution >= 0.6 is 11.6 Å². The average molecular weight is 187 g/mol. The largest absolute Gasteiger partial charge is 0.126 e. The molecule has 2 aliphatic carbocycles. The van der Waals surface area contributed by atoms with Crippen LogP contribution in [-0.2, 0) is 0 Å². The van der Waals surface area contributed by atoms with Gasteiger partial charge in [-0.05, 0) is 42.4 Å². The lowest BCUT2D eigenvalue weighted by atomic mass is 9.73. The Morgan fingerprint density at radius 3 is 2.42 bits per heavy atom. The number of hydrogen-bond acceptors (Lipinski definition) is 0. The molecule has 1 heteroatoms. The first kappa shape index (κ1) is 8.87. The lowest BCUT2D eigenvalue weighted by Crippen LogP contribution is -2.28. The van der Waals surface area contributed by atoms with Gasteiger partial charge in [0.2, 0.25) is 0 Å². The predicted molar refractivity (Wildman–Crippen MR) is 53.4 cm³/mol. The van der Waals surface area contributed by atoms with Crippen molar-refractivity contribution in [1.82, 2.24) is 0 Å². The molecule has 0 nitrogen and oxygen atoms in total. The van der Waals surface area contributed by atoms with E-state index in [0.29, 0.717) is 5.41 Å². The topological polar surface area (TPSA) is 0 Å². The number of hydrogen-bond donors (Lipinski definition) is 0. The van der Waals surface area contributed by atoms with Gasteiger partial charge >= 0.3 is 0 Å². The van der Waals surface area contributed by atoms with E-state index >= 15 is 0 Å². The minimum Gasteiger partial charge on any atom is -0.126 e. The Balaban J connectivity index is 2.05. The van der Waals surface area contributed by atoms with Gasteiger partial charge in [-0.1, -0.05) is 20.3 Å². The van der Waals surface area contributed by atoms with Gasteiger partial charge in [-0.15, -0.1) is 11.6 Å². The molecule has 70 valence electrons. The van der Waals surface area contributed by atoms with Crippen molar-refractivity contribution in [2.45, 2.75) is 39.5 Å². The monoisotopic (exact) mass is 186 g/mol. The fourth-order valence-electron chi connectivity index (χ4n) is 3.01. The van der Waals surface area contributed by atoms with E-state index < -0.39 is 0 Å². The number of halogens is 1. The van der Waals surface area contributed by atoms with E-state index in [4.69, 9.17) is 11.6 Å². The summed E-state index contributed by atoms with van der Waals surface area (Å²) in [6.07, 6.45) is 5.66. The molecule has 3 atom stereocenters. The fraction of sp³-hybridized carbons (Fsp3) is 1.00. The molecule has 0 aromatic carbocycles. The molecule has 0 aliphatic heterocycles. The normalized spacial score (nSPS) is 47.2. The molecule has 12 heavy (non-hydrogen) atoms. The van der Waals surface area contributed by atoms with Crippen LogP contribution in [0.15, 0.2) is 0 Å². The Hall–Kier alpha value is 0.290. The summed E-state index contributed by atoms with van der Waals surface area (Å²) < 4.78 is 0. The molecule has 3 unspecified atom stereocenters. The van der Waals surface area contributed by atoms with E-state index in [2.05, 4.69) is 13.8 Å². The molecule has 2 fully saturated rings. The van der Waals surface area contributed by atoms with Crippen molar-refractivity contribution < 1.29 is 0 Å². The summed E-state index contributed by atoms with van der Waals surface area (Å²) in [5, 5.41) is 0. The van der Waals surface area contributed by atoms with Crippen LogP contribution in [0.3, 0.4) is 0 Å². The molecule has 0 spiro atoms. The molecule has 0 saturated heterocycles. The summed E-state index contributed by atoms with van der Waals surface area (Å²) in [6.45, 7) is 4.68. The molecule has 0 N–H and O–H groups in total. The zero-order valence-electron chi connectivity index (χ0n) is 8.15. The average Bonchev–Trinajstić information content (AvgIpc) is 2.72. The van der Waals surface area contributed by atoms with Crippen LogP contribution in [0.25, 0.3) is 0 Å². The molecule has 2 rings (SSSR count). The highest BCUT2D eigenvalue weighted by molar-refractivity contribution is 6.18. The van der Waals surface area contributed by atoms with E-state index in [1.54, 1.807) is 0 Å². The quantitative estimate of drug-likeness (QED) is 0.590. The zero-order valence-corrected chi connectivity index (χ0v) is 8.90. The zero-order chi connectivity index (χ0) is 8.77. The van der Waals surface area contributed by atoms with Crippen LogP contribution in [0.1, 0.15) is 39.5 Å². The van der Waals surface area contributed by atoms with Crippen LogP contribution in [0.5, 0.6) is 0 Å². The van der Waals surface area contributed by atoms with Crippen molar-refractivity contribution in [2.75, 3.05) is 5.88 Å². The SMILES string of the molecule is CCC(C)C1(CCl)CC2CC2C1. The van der Waals surface area contributed by atoms with Crippen molar-refractivity contribution >= 4 is 11.6 Å². The van der Waals surface area contributed by atoms with E-state index in [0.717, 1.165) is 23.6 Å². The van der Waals surface area contributed by atoms with Crippen molar-refractivity contribution in [3.8, 4) is 0 Å². The van der Waals surface area contributed by atoms with Crippen molar-refractivity contribution in [3.05, 3.63) is 0 Å². The van der Waals surface area contributed by atoms with Crippen LogP contribution < -0.4 is 0 Å². The first-order valence-electron chi connectivity index (χ1n) is 5.28. The Kier molecular flexibility index (Phi) is 2.15. The summed E-state index contributed by atoms with van der Waals surface area (Å²) in [7, 11) is 0. The Morgan fingerprint density at radius 1 is 1.42 bits per heavy atom. The molecule has 0 bridgehead atoms. The molecular weight excluding hydrogens is 168 g/mol. The summed E-state index contributed by atoms with van der Waals surface area (Å²) in [6, 6.07) is 0. The van der Waals surface area contributed by atoms with Crippen molar-refractivity contribution in [3.63, 3.8) is 0 Å². The van der Waals surface area contributed by atoms with Gasteiger partial charge in [0.05, 0.1) is 0 Å². The molecule has 0 heterocycles. The molecule has 0 amide bonds. The molecule has 2 saturated carbocycles. The first-order valence-corrected chi connectivity index (χ1v) is 5.81. The second kappa shape index (κ2) is 2.90.